The van der Waals surface area contributed by atoms with Crippen LogP contribution in [0.3, 0.4) is 0 Å². The van der Waals surface area contributed by atoms with Gasteiger partial charge in [-0.2, -0.15) is 0 Å². The molecule has 4 heteroatoms. The zero-order valence-corrected chi connectivity index (χ0v) is 9.96. The van der Waals surface area contributed by atoms with Gasteiger partial charge in [-0.05, 0) is 23.8 Å². The maximum Gasteiger partial charge on any atom is 0.263 e. The summed E-state index contributed by atoms with van der Waals surface area (Å²) < 4.78 is 24.7. The lowest BCUT2D eigenvalue weighted by atomic mass is 10.1. The maximum atomic E-state index is 12.4. The van der Waals surface area contributed by atoms with E-state index in [1.807, 2.05) is 0 Å². The van der Waals surface area contributed by atoms with Crippen LogP contribution in [0, 0.1) is 0 Å². The van der Waals surface area contributed by atoms with Crippen molar-refractivity contribution in [3.63, 3.8) is 0 Å². The van der Waals surface area contributed by atoms with Gasteiger partial charge < -0.3 is 0 Å². The number of carbonyl (C=O) groups is 1. The lowest BCUT2D eigenvalue weighted by Gasteiger charge is -1.99. The molecule has 0 spiro atoms. The molecule has 0 saturated carbocycles. The van der Waals surface area contributed by atoms with Gasteiger partial charge in [0.1, 0.15) is 0 Å². The second-order valence-corrected chi connectivity index (χ2v) is 3.90. The maximum absolute atomic E-state index is 12.4. The summed E-state index contributed by atoms with van der Waals surface area (Å²) in [4.78, 5) is 15.6. The van der Waals surface area contributed by atoms with E-state index >= 15 is 0 Å². The Labute approximate surface area is 109 Å². The molecule has 2 nitrogen and oxygen atoms in total. The van der Waals surface area contributed by atoms with Crippen LogP contribution in [-0.4, -0.2) is 10.8 Å². The second-order valence-electron chi connectivity index (χ2n) is 3.90. The molecule has 0 aliphatic heterocycles. The van der Waals surface area contributed by atoms with Crippen molar-refractivity contribution >= 4 is 11.9 Å². The first kappa shape index (κ1) is 13.1. The molecule has 0 N–H and O–H groups in total. The molecule has 0 amide bonds. The molecule has 0 aliphatic carbocycles. The van der Waals surface area contributed by atoms with Crippen molar-refractivity contribution in [2.75, 3.05) is 0 Å². The molecule has 96 valence electrons. The zero-order valence-electron chi connectivity index (χ0n) is 9.96. The summed E-state index contributed by atoms with van der Waals surface area (Å²) in [5.74, 6) is -0.152. The number of nitrogens with zero attached hydrogens (tertiary/aromatic N) is 1. The Kier molecular flexibility index (Phi) is 4.13. The fraction of sp³-hybridized carbons (Fsp3) is 0.0667. The summed E-state index contributed by atoms with van der Waals surface area (Å²) in [7, 11) is 0. The Balaban J connectivity index is 2.08. The summed E-state index contributed by atoms with van der Waals surface area (Å²) in [5.41, 5.74) is 1.21. The number of pyridine rings is 1. The highest BCUT2D eigenvalue weighted by Crippen LogP contribution is 2.19. The van der Waals surface area contributed by atoms with E-state index in [0.717, 1.165) is 0 Å². The van der Waals surface area contributed by atoms with E-state index in [-0.39, 0.29) is 11.3 Å². The first-order valence-electron chi connectivity index (χ1n) is 5.67. The van der Waals surface area contributed by atoms with E-state index in [4.69, 9.17) is 0 Å². The SMILES string of the molecule is O=C(/C=C/c1ccc(C(F)F)cc1)c1ccncc1. The molecule has 0 radical (unpaired) electrons. The van der Waals surface area contributed by atoms with Gasteiger partial charge in [-0.1, -0.05) is 30.3 Å². The highest BCUT2D eigenvalue weighted by molar-refractivity contribution is 6.06. The van der Waals surface area contributed by atoms with Crippen LogP contribution >= 0.6 is 0 Å². The molecule has 2 rings (SSSR count). The largest absolute Gasteiger partial charge is 0.289 e. The molecule has 1 heterocycles. The number of aromatic nitrogens is 1. The second kappa shape index (κ2) is 6.00. The van der Waals surface area contributed by atoms with Crippen LogP contribution < -0.4 is 0 Å². The Morgan fingerprint density at radius 1 is 1.05 bits per heavy atom. The minimum Gasteiger partial charge on any atom is -0.289 e. The highest BCUT2D eigenvalue weighted by Gasteiger charge is 2.05. The smallest absolute Gasteiger partial charge is 0.263 e. The topological polar surface area (TPSA) is 30.0 Å². The Morgan fingerprint density at radius 3 is 2.26 bits per heavy atom. The van der Waals surface area contributed by atoms with Crippen LogP contribution in [0.15, 0.2) is 54.9 Å². The summed E-state index contributed by atoms with van der Waals surface area (Å²) in [6.45, 7) is 0. The molecular weight excluding hydrogens is 248 g/mol. The quantitative estimate of drug-likeness (QED) is 0.615. The van der Waals surface area contributed by atoms with Gasteiger partial charge in [-0.25, -0.2) is 8.78 Å². The van der Waals surface area contributed by atoms with E-state index < -0.39 is 6.43 Å². The lowest BCUT2D eigenvalue weighted by Crippen LogP contribution is -1.93. The van der Waals surface area contributed by atoms with E-state index in [0.29, 0.717) is 11.1 Å². The van der Waals surface area contributed by atoms with Crippen molar-refractivity contribution in [3.05, 3.63) is 71.6 Å². The van der Waals surface area contributed by atoms with Gasteiger partial charge in [0.25, 0.3) is 6.43 Å². The van der Waals surface area contributed by atoms with Crippen LogP contribution in [-0.2, 0) is 0 Å². The van der Waals surface area contributed by atoms with Crippen molar-refractivity contribution in [3.8, 4) is 0 Å². The average Bonchev–Trinajstić information content (AvgIpc) is 2.46. The number of alkyl halides is 2. The molecule has 1 aromatic carbocycles. The van der Waals surface area contributed by atoms with E-state index in [1.54, 1.807) is 42.7 Å². The first-order valence-corrected chi connectivity index (χ1v) is 5.67. The van der Waals surface area contributed by atoms with Crippen molar-refractivity contribution in [2.24, 2.45) is 0 Å². The molecule has 1 aromatic heterocycles. The summed E-state index contributed by atoms with van der Waals surface area (Å²) >= 11 is 0. The van der Waals surface area contributed by atoms with E-state index in [1.165, 1.54) is 18.2 Å². The molecule has 0 aliphatic rings. The standard InChI is InChI=1S/C15H11F2NO/c16-15(17)13-4-1-11(2-5-13)3-6-14(19)12-7-9-18-10-8-12/h1-10,15H/b6-3+. The molecule has 0 saturated heterocycles. The molecule has 19 heavy (non-hydrogen) atoms. The minimum atomic E-state index is -2.48. The summed E-state index contributed by atoms with van der Waals surface area (Å²) in [6, 6.07) is 9.04. The van der Waals surface area contributed by atoms with Gasteiger partial charge in [0.2, 0.25) is 0 Å². The fourth-order valence-corrected chi connectivity index (χ4v) is 1.54. The van der Waals surface area contributed by atoms with Crippen molar-refractivity contribution in [1.82, 2.24) is 4.98 Å². The van der Waals surface area contributed by atoms with Crippen LogP contribution in [0.4, 0.5) is 8.78 Å². The third-order valence-corrected chi connectivity index (χ3v) is 2.58. The average molecular weight is 259 g/mol. The Bertz CT molecular complexity index is 577. The molecular formula is C15H11F2NO. The number of ketones is 1. The lowest BCUT2D eigenvalue weighted by molar-refractivity contribution is 0.104. The number of carbonyl (C=O) groups excluding carboxylic acids is 1. The van der Waals surface area contributed by atoms with E-state index in [2.05, 4.69) is 4.98 Å². The monoisotopic (exact) mass is 259 g/mol. The summed E-state index contributed by atoms with van der Waals surface area (Å²) in [5, 5.41) is 0. The Hall–Kier alpha value is -2.36. The van der Waals surface area contributed by atoms with Gasteiger partial charge in [0, 0.05) is 23.5 Å². The highest BCUT2D eigenvalue weighted by atomic mass is 19.3. The number of halogens is 2. The van der Waals surface area contributed by atoms with Gasteiger partial charge in [-0.15, -0.1) is 0 Å². The molecule has 0 fully saturated rings. The number of hydrogen-bond donors (Lipinski definition) is 0. The third kappa shape index (κ3) is 3.55. The first-order chi connectivity index (χ1) is 9.16. The van der Waals surface area contributed by atoms with Crippen molar-refractivity contribution in [1.29, 1.82) is 0 Å². The van der Waals surface area contributed by atoms with Crippen LogP contribution in [0.25, 0.3) is 6.08 Å². The number of benzene rings is 1. The molecule has 0 bridgehead atoms. The number of rotatable bonds is 4. The number of hydrogen-bond acceptors (Lipinski definition) is 2. The van der Waals surface area contributed by atoms with Crippen LogP contribution in [0.1, 0.15) is 27.9 Å². The van der Waals surface area contributed by atoms with Gasteiger partial charge in [0.05, 0.1) is 0 Å². The van der Waals surface area contributed by atoms with Crippen LogP contribution in [0.2, 0.25) is 0 Å². The Morgan fingerprint density at radius 2 is 1.68 bits per heavy atom. The fourth-order valence-electron chi connectivity index (χ4n) is 1.54. The predicted octanol–water partition coefficient (Wildman–Crippen LogP) is 3.92. The third-order valence-electron chi connectivity index (χ3n) is 2.58. The van der Waals surface area contributed by atoms with Gasteiger partial charge in [-0.3, -0.25) is 9.78 Å². The van der Waals surface area contributed by atoms with Gasteiger partial charge >= 0.3 is 0 Å². The normalized spacial score (nSPS) is 11.1. The van der Waals surface area contributed by atoms with Crippen LogP contribution in [0.5, 0.6) is 0 Å². The molecule has 0 atom stereocenters. The molecule has 2 aromatic rings. The molecule has 0 unspecified atom stereocenters. The van der Waals surface area contributed by atoms with Gasteiger partial charge in [0.15, 0.2) is 5.78 Å². The van der Waals surface area contributed by atoms with E-state index in [9.17, 15) is 13.6 Å². The predicted molar refractivity (Wildman–Crippen MR) is 69.0 cm³/mol. The van der Waals surface area contributed by atoms with Crippen molar-refractivity contribution in [2.45, 2.75) is 6.43 Å². The minimum absolute atomic E-state index is 0.0300. The number of allylic oxidation sites excluding steroid dienone is 1. The zero-order chi connectivity index (χ0) is 13.7. The summed E-state index contributed by atoms with van der Waals surface area (Å²) in [6.07, 6.45) is 3.61. The van der Waals surface area contributed by atoms with Crippen molar-refractivity contribution < 1.29 is 13.6 Å².